The maximum Gasteiger partial charge on any atom is 0.126 e. The number of nitrogens with zero attached hydrogens (tertiary/aromatic N) is 2. The highest BCUT2D eigenvalue weighted by molar-refractivity contribution is 7.98. The fourth-order valence-electron chi connectivity index (χ4n) is 1.98. The lowest BCUT2D eigenvalue weighted by molar-refractivity contribution is 0.887. The van der Waals surface area contributed by atoms with Crippen LogP contribution in [-0.4, -0.2) is 21.6 Å². The van der Waals surface area contributed by atoms with E-state index in [-0.39, 0.29) is 5.84 Å². The average molecular weight is 260 g/mol. The summed E-state index contributed by atoms with van der Waals surface area (Å²) in [4.78, 5) is 5.32. The van der Waals surface area contributed by atoms with E-state index in [1.807, 2.05) is 35.2 Å². The highest BCUT2D eigenvalue weighted by Crippen LogP contribution is 2.26. The van der Waals surface area contributed by atoms with Crippen molar-refractivity contribution in [3.05, 3.63) is 42.0 Å². The number of hydrogen-bond acceptors (Lipinski definition) is 3. The fraction of sp³-hybridized carbons (Fsp3) is 0.231. The molecule has 0 spiro atoms. The lowest BCUT2D eigenvalue weighted by Crippen LogP contribution is -2.16. The molecule has 94 valence electrons. The summed E-state index contributed by atoms with van der Waals surface area (Å²) in [5, 5.41) is 7.78. The van der Waals surface area contributed by atoms with Crippen molar-refractivity contribution >= 4 is 17.6 Å². The molecule has 4 nitrogen and oxygen atoms in total. The van der Waals surface area contributed by atoms with E-state index in [9.17, 15) is 0 Å². The zero-order valence-electron chi connectivity index (χ0n) is 10.5. The van der Waals surface area contributed by atoms with Crippen molar-refractivity contribution < 1.29 is 0 Å². The average Bonchev–Trinajstić information content (AvgIpc) is 2.85. The Morgan fingerprint density at radius 1 is 1.50 bits per heavy atom. The largest absolute Gasteiger partial charge is 0.384 e. The molecule has 1 heterocycles. The summed E-state index contributed by atoms with van der Waals surface area (Å²) in [5.74, 6) is 1.06. The van der Waals surface area contributed by atoms with Gasteiger partial charge in [0.1, 0.15) is 11.7 Å². The number of rotatable bonds is 4. The molecule has 0 unspecified atom stereocenters. The Hall–Kier alpha value is -1.75. The zero-order valence-corrected chi connectivity index (χ0v) is 11.3. The van der Waals surface area contributed by atoms with Gasteiger partial charge in [-0.2, -0.15) is 0 Å². The molecule has 0 atom stereocenters. The quantitative estimate of drug-likeness (QED) is 0.504. The Labute approximate surface area is 111 Å². The van der Waals surface area contributed by atoms with E-state index in [1.165, 1.54) is 0 Å². The third-order valence-electron chi connectivity index (χ3n) is 2.79. The molecular weight excluding hydrogens is 244 g/mol. The molecule has 0 amide bonds. The molecule has 1 aromatic carbocycles. The van der Waals surface area contributed by atoms with Gasteiger partial charge >= 0.3 is 0 Å². The number of aromatic nitrogens is 2. The second-order valence-electron chi connectivity index (χ2n) is 3.84. The van der Waals surface area contributed by atoms with E-state index in [0.29, 0.717) is 0 Å². The van der Waals surface area contributed by atoms with Crippen LogP contribution in [0.1, 0.15) is 18.3 Å². The van der Waals surface area contributed by atoms with Crippen LogP contribution < -0.4 is 5.73 Å². The van der Waals surface area contributed by atoms with Crippen LogP contribution in [0.3, 0.4) is 0 Å². The predicted octanol–water partition coefficient (Wildman–Crippen LogP) is 2.44. The van der Waals surface area contributed by atoms with E-state index in [0.717, 1.165) is 28.4 Å². The van der Waals surface area contributed by atoms with Crippen molar-refractivity contribution in [3.8, 4) is 5.69 Å². The normalized spacial score (nSPS) is 10.6. The molecule has 18 heavy (non-hydrogen) atoms. The molecule has 0 radical (unpaired) electrons. The van der Waals surface area contributed by atoms with Crippen LogP contribution in [-0.2, 0) is 6.42 Å². The van der Waals surface area contributed by atoms with Crippen LogP contribution in [0, 0.1) is 5.41 Å². The summed E-state index contributed by atoms with van der Waals surface area (Å²) in [6, 6.07) is 5.93. The van der Waals surface area contributed by atoms with Gasteiger partial charge in [-0.05, 0) is 18.4 Å². The van der Waals surface area contributed by atoms with Gasteiger partial charge in [0.2, 0.25) is 0 Å². The lowest BCUT2D eigenvalue weighted by Gasteiger charge is -2.14. The molecule has 2 aromatic rings. The van der Waals surface area contributed by atoms with Gasteiger partial charge in [0.25, 0.3) is 0 Å². The molecule has 0 aliphatic rings. The maximum atomic E-state index is 7.78. The highest BCUT2D eigenvalue weighted by atomic mass is 32.2. The van der Waals surface area contributed by atoms with E-state index < -0.39 is 0 Å². The highest BCUT2D eigenvalue weighted by Gasteiger charge is 2.13. The van der Waals surface area contributed by atoms with Crippen molar-refractivity contribution in [2.75, 3.05) is 6.26 Å². The first-order valence-electron chi connectivity index (χ1n) is 5.73. The smallest absolute Gasteiger partial charge is 0.126 e. The first kappa shape index (κ1) is 12.7. The molecule has 5 heteroatoms. The summed E-state index contributed by atoms with van der Waals surface area (Å²) in [7, 11) is 0. The Balaban J connectivity index is 2.67. The molecule has 1 aromatic heterocycles. The van der Waals surface area contributed by atoms with E-state index in [4.69, 9.17) is 11.1 Å². The van der Waals surface area contributed by atoms with Gasteiger partial charge in [0, 0.05) is 23.7 Å². The van der Waals surface area contributed by atoms with Gasteiger partial charge in [0.05, 0.1) is 11.3 Å². The second kappa shape index (κ2) is 5.27. The van der Waals surface area contributed by atoms with Crippen molar-refractivity contribution in [1.82, 2.24) is 9.55 Å². The van der Waals surface area contributed by atoms with Gasteiger partial charge in [-0.25, -0.2) is 4.98 Å². The van der Waals surface area contributed by atoms with Crippen molar-refractivity contribution in [1.29, 1.82) is 5.41 Å². The van der Waals surface area contributed by atoms with Crippen molar-refractivity contribution in [3.63, 3.8) is 0 Å². The monoisotopic (exact) mass is 260 g/mol. The summed E-state index contributed by atoms with van der Waals surface area (Å²) < 4.78 is 2.00. The van der Waals surface area contributed by atoms with Gasteiger partial charge in [0.15, 0.2) is 0 Å². The van der Waals surface area contributed by atoms with Crippen LogP contribution in [0.2, 0.25) is 0 Å². The number of amidine groups is 1. The summed E-state index contributed by atoms with van der Waals surface area (Å²) in [5.41, 5.74) is 7.42. The van der Waals surface area contributed by atoms with E-state index >= 15 is 0 Å². The number of thioether (sulfide) groups is 1. The van der Waals surface area contributed by atoms with Crippen molar-refractivity contribution in [2.45, 2.75) is 18.2 Å². The van der Waals surface area contributed by atoms with Gasteiger partial charge in [-0.15, -0.1) is 11.8 Å². The van der Waals surface area contributed by atoms with Gasteiger partial charge in [-0.1, -0.05) is 13.0 Å². The second-order valence-corrected chi connectivity index (χ2v) is 4.68. The Kier molecular flexibility index (Phi) is 3.72. The third kappa shape index (κ3) is 2.13. The van der Waals surface area contributed by atoms with Gasteiger partial charge in [-0.3, -0.25) is 5.41 Å². The van der Waals surface area contributed by atoms with Crippen LogP contribution in [0.4, 0.5) is 0 Å². The SMILES string of the molecule is CCc1nccn1-c1cccc(SC)c1C(=N)N. The number of benzene rings is 1. The topological polar surface area (TPSA) is 67.7 Å². The Morgan fingerprint density at radius 2 is 2.28 bits per heavy atom. The van der Waals surface area contributed by atoms with E-state index in [2.05, 4.69) is 11.9 Å². The molecule has 0 aliphatic carbocycles. The minimum Gasteiger partial charge on any atom is -0.384 e. The predicted molar refractivity (Wildman–Crippen MR) is 75.7 cm³/mol. The van der Waals surface area contributed by atoms with Crippen LogP contribution in [0.15, 0.2) is 35.5 Å². The number of hydrogen-bond donors (Lipinski definition) is 2. The molecule has 0 bridgehead atoms. The van der Waals surface area contributed by atoms with Crippen LogP contribution >= 0.6 is 11.8 Å². The standard InChI is InChI=1S/C13H16N4S/c1-3-11-16-7-8-17(11)9-5-4-6-10(18-2)12(9)13(14)15/h4-8H,3H2,1-2H3,(H3,14,15). The molecule has 0 saturated heterocycles. The number of imidazole rings is 1. The lowest BCUT2D eigenvalue weighted by atomic mass is 10.1. The first-order valence-corrected chi connectivity index (χ1v) is 6.95. The third-order valence-corrected chi connectivity index (χ3v) is 3.57. The Morgan fingerprint density at radius 3 is 2.89 bits per heavy atom. The summed E-state index contributed by atoms with van der Waals surface area (Å²) in [6.07, 6.45) is 6.51. The first-order chi connectivity index (χ1) is 8.69. The minimum atomic E-state index is 0.0886. The summed E-state index contributed by atoms with van der Waals surface area (Å²) in [6.45, 7) is 2.06. The number of aryl methyl sites for hydroxylation is 1. The van der Waals surface area contributed by atoms with Crippen LogP contribution in [0.25, 0.3) is 5.69 Å². The zero-order chi connectivity index (χ0) is 13.1. The van der Waals surface area contributed by atoms with Crippen LogP contribution in [0.5, 0.6) is 0 Å². The number of nitrogens with two attached hydrogens (primary N) is 1. The van der Waals surface area contributed by atoms with E-state index in [1.54, 1.807) is 18.0 Å². The summed E-state index contributed by atoms with van der Waals surface area (Å²) >= 11 is 1.59. The van der Waals surface area contributed by atoms with Gasteiger partial charge < -0.3 is 10.3 Å². The number of nitrogen functional groups attached to an aromatic ring is 1. The van der Waals surface area contributed by atoms with Crippen molar-refractivity contribution in [2.24, 2.45) is 5.73 Å². The molecule has 3 N–H and O–H groups in total. The minimum absolute atomic E-state index is 0.0886. The molecule has 0 aliphatic heterocycles. The molecular formula is C13H16N4S. The number of nitrogens with one attached hydrogen (secondary N) is 1. The maximum absolute atomic E-state index is 7.78. The molecule has 0 saturated carbocycles. The molecule has 0 fully saturated rings. The fourth-order valence-corrected chi connectivity index (χ4v) is 2.61. The Bertz CT molecular complexity index is 574. The molecule has 2 rings (SSSR count).